The van der Waals surface area contributed by atoms with Gasteiger partial charge in [-0.05, 0) is 24.3 Å². The van der Waals surface area contributed by atoms with Crippen LogP contribution in [0.25, 0.3) is 5.65 Å². The Kier molecular flexibility index (Phi) is 3.59. The zero-order chi connectivity index (χ0) is 14.2. The van der Waals surface area contributed by atoms with E-state index in [0.717, 1.165) is 17.9 Å². The molecule has 1 saturated heterocycles. The number of hydrazine groups is 1. The third-order valence-electron chi connectivity index (χ3n) is 3.13. The van der Waals surface area contributed by atoms with Crippen LogP contribution in [0.3, 0.4) is 0 Å². The second-order valence-corrected chi connectivity index (χ2v) is 7.30. The van der Waals surface area contributed by atoms with Gasteiger partial charge in [-0.1, -0.05) is 6.07 Å². The first-order chi connectivity index (χ1) is 9.62. The molecule has 3 rings (SSSR count). The minimum atomic E-state index is -3.68. The van der Waals surface area contributed by atoms with Crippen molar-refractivity contribution in [3.8, 4) is 0 Å². The number of imidazole rings is 1. The van der Waals surface area contributed by atoms with Crippen LogP contribution in [0.4, 0.5) is 5.82 Å². The Morgan fingerprint density at radius 3 is 3.00 bits per heavy atom. The van der Waals surface area contributed by atoms with Crippen molar-refractivity contribution in [2.45, 2.75) is 17.5 Å². The van der Waals surface area contributed by atoms with Crippen molar-refractivity contribution in [3.05, 3.63) is 24.4 Å². The maximum atomic E-state index is 12.6. The lowest BCUT2D eigenvalue weighted by Crippen LogP contribution is -2.35. The van der Waals surface area contributed by atoms with E-state index in [1.54, 1.807) is 36.2 Å². The molecule has 0 aliphatic carbocycles. The summed E-state index contributed by atoms with van der Waals surface area (Å²) in [5.41, 5.74) is 2.89. The molecule has 0 spiro atoms. The Hall–Kier alpha value is -1.29. The SMILES string of the molecule is NNc1nc2ccccn2c1S(=O)(=O)NC1CCSC1. The maximum absolute atomic E-state index is 12.6. The van der Waals surface area contributed by atoms with Crippen LogP contribution < -0.4 is 16.0 Å². The molecule has 0 radical (unpaired) electrons. The minimum absolute atomic E-state index is 0.0371. The molecule has 3 heterocycles. The molecule has 0 amide bonds. The van der Waals surface area contributed by atoms with E-state index < -0.39 is 10.0 Å². The second-order valence-electron chi connectivity index (χ2n) is 4.52. The van der Waals surface area contributed by atoms with Crippen LogP contribution in [-0.4, -0.2) is 35.4 Å². The summed E-state index contributed by atoms with van der Waals surface area (Å²) in [5.74, 6) is 7.31. The lowest BCUT2D eigenvalue weighted by atomic mass is 10.3. The van der Waals surface area contributed by atoms with Gasteiger partial charge in [-0.25, -0.2) is 24.0 Å². The Labute approximate surface area is 121 Å². The van der Waals surface area contributed by atoms with Gasteiger partial charge in [0.25, 0.3) is 10.0 Å². The van der Waals surface area contributed by atoms with Crippen molar-refractivity contribution in [2.75, 3.05) is 16.9 Å². The fourth-order valence-corrected chi connectivity index (χ4v) is 5.01. The largest absolute Gasteiger partial charge is 0.306 e. The molecule has 0 saturated carbocycles. The van der Waals surface area contributed by atoms with Crippen LogP contribution in [0, 0.1) is 0 Å². The van der Waals surface area contributed by atoms with Crippen LogP contribution in [0.15, 0.2) is 29.4 Å². The Bertz CT molecular complexity index is 721. The van der Waals surface area contributed by atoms with E-state index >= 15 is 0 Å². The first kappa shape index (κ1) is 13.7. The van der Waals surface area contributed by atoms with Gasteiger partial charge in [-0.15, -0.1) is 0 Å². The number of hydrogen-bond donors (Lipinski definition) is 3. The predicted molar refractivity (Wildman–Crippen MR) is 79.1 cm³/mol. The average molecular weight is 313 g/mol. The van der Waals surface area contributed by atoms with Crippen molar-refractivity contribution in [1.29, 1.82) is 0 Å². The molecule has 0 bridgehead atoms. The number of nitrogen functional groups attached to an aromatic ring is 1. The van der Waals surface area contributed by atoms with E-state index in [0.29, 0.717) is 5.65 Å². The van der Waals surface area contributed by atoms with Crippen molar-refractivity contribution < 1.29 is 8.42 Å². The summed E-state index contributed by atoms with van der Waals surface area (Å²) >= 11 is 1.74. The van der Waals surface area contributed by atoms with Gasteiger partial charge in [0, 0.05) is 18.0 Å². The maximum Gasteiger partial charge on any atom is 0.260 e. The van der Waals surface area contributed by atoms with Crippen molar-refractivity contribution in [2.24, 2.45) is 5.84 Å². The molecule has 1 aliphatic rings. The fraction of sp³-hybridized carbons (Fsp3) is 0.364. The van der Waals surface area contributed by atoms with Gasteiger partial charge < -0.3 is 5.43 Å². The van der Waals surface area contributed by atoms with E-state index in [-0.39, 0.29) is 16.9 Å². The van der Waals surface area contributed by atoms with Crippen molar-refractivity contribution >= 4 is 33.3 Å². The highest BCUT2D eigenvalue weighted by Crippen LogP contribution is 2.24. The summed E-state index contributed by atoms with van der Waals surface area (Å²) < 4.78 is 29.4. The van der Waals surface area contributed by atoms with Gasteiger partial charge in [-0.3, -0.25) is 4.40 Å². The summed E-state index contributed by atoms with van der Waals surface area (Å²) in [6, 6.07) is 5.23. The van der Waals surface area contributed by atoms with E-state index in [4.69, 9.17) is 5.84 Å². The lowest BCUT2D eigenvalue weighted by Gasteiger charge is -2.12. The first-order valence-electron chi connectivity index (χ1n) is 6.15. The fourth-order valence-electron chi connectivity index (χ4n) is 2.23. The minimum Gasteiger partial charge on any atom is -0.306 e. The molecular weight excluding hydrogens is 298 g/mol. The number of aromatic nitrogens is 2. The summed E-state index contributed by atoms with van der Waals surface area (Å²) in [7, 11) is -3.68. The lowest BCUT2D eigenvalue weighted by molar-refractivity contribution is 0.559. The predicted octanol–water partition coefficient (Wildman–Crippen LogP) is 0.404. The topological polar surface area (TPSA) is 102 Å². The smallest absolute Gasteiger partial charge is 0.260 e. The van der Waals surface area contributed by atoms with Gasteiger partial charge in [0.1, 0.15) is 5.65 Å². The third kappa shape index (κ3) is 2.37. The number of fused-ring (bicyclic) bond motifs is 1. The van der Waals surface area contributed by atoms with Gasteiger partial charge in [0.05, 0.1) is 0 Å². The summed E-state index contributed by atoms with van der Waals surface area (Å²) in [5, 5.41) is 0.0486. The molecule has 9 heteroatoms. The molecular formula is C11H15N5O2S2. The normalized spacial score (nSPS) is 19.6. The van der Waals surface area contributed by atoms with Crippen LogP contribution in [0.2, 0.25) is 0 Å². The zero-order valence-corrected chi connectivity index (χ0v) is 12.2. The molecule has 1 unspecified atom stereocenters. The number of sulfonamides is 1. The Morgan fingerprint density at radius 2 is 2.30 bits per heavy atom. The molecule has 20 heavy (non-hydrogen) atoms. The van der Waals surface area contributed by atoms with Gasteiger partial charge in [0.2, 0.25) is 0 Å². The number of nitrogens with zero attached hydrogens (tertiary/aromatic N) is 2. The quantitative estimate of drug-likeness (QED) is 0.558. The standard InChI is InChI=1S/C11H15N5O2S2/c12-14-10-11(16-5-2-1-3-9(16)13-10)20(17,18)15-8-4-6-19-7-8/h1-3,5,8,14-15H,4,6-7,12H2. The van der Waals surface area contributed by atoms with Crippen molar-refractivity contribution in [1.82, 2.24) is 14.1 Å². The summed E-state index contributed by atoms with van der Waals surface area (Å²) in [4.78, 5) is 4.17. The van der Waals surface area contributed by atoms with Gasteiger partial charge in [0.15, 0.2) is 10.8 Å². The van der Waals surface area contributed by atoms with Crippen LogP contribution in [0.1, 0.15) is 6.42 Å². The van der Waals surface area contributed by atoms with E-state index in [9.17, 15) is 8.42 Å². The second kappa shape index (κ2) is 5.24. The van der Waals surface area contributed by atoms with Crippen LogP contribution in [0.5, 0.6) is 0 Å². The highest BCUT2D eigenvalue weighted by molar-refractivity contribution is 7.99. The number of pyridine rings is 1. The molecule has 1 aliphatic heterocycles. The number of nitrogens with one attached hydrogen (secondary N) is 2. The number of nitrogens with two attached hydrogens (primary N) is 1. The summed E-state index contributed by atoms with van der Waals surface area (Å²) in [6.07, 6.45) is 2.49. The molecule has 4 N–H and O–H groups in total. The molecule has 2 aromatic rings. The molecule has 2 aromatic heterocycles. The molecule has 0 aromatic carbocycles. The monoisotopic (exact) mass is 313 g/mol. The van der Waals surface area contributed by atoms with Crippen LogP contribution in [-0.2, 0) is 10.0 Å². The third-order valence-corrected chi connectivity index (χ3v) is 5.83. The van der Waals surface area contributed by atoms with E-state index in [2.05, 4.69) is 15.1 Å². The number of hydrogen-bond acceptors (Lipinski definition) is 6. The molecule has 1 atom stereocenters. The molecule has 108 valence electrons. The van der Waals surface area contributed by atoms with Crippen molar-refractivity contribution in [3.63, 3.8) is 0 Å². The van der Waals surface area contributed by atoms with Gasteiger partial charge >= 0.3 is 0 Å². The van der Waals surface area contributed by atoms with Gasteiger partial charge in [-0.2, -0.15) is 11.8 Å². The zero-order valence-electron chi connectivity index (χ0n) is 10.6. The molecule has 7 nitrogen and oxygen atoms in total. The first-order valence-corrected chi connectivity index (χ1v) is 8.79. The highest BCUT2D eigenvalue weighted by Gasteiger charge is 2.29. The average Bonchev–Trinajstić information content (AvgIpc) is 3.04. The number of anilines is 1. The van der Waals surface area contributed by atoms with E-state index in [1.165, 1.54) is 4.40 Å². The molecule has 1 fully saturated rings. The van der Waals surface area contributed by atoms with Crippen LogP contribution >= 0.6 is 11.8 Å². The number of thioether (sulfide) groups is 1. The Morgan fingerprint density at radius 1 is 1.45 bits per heavy atom. The van der Waals surface area contributed by atoms with E-state index in [1.807, 2.05) is 0 Å². The highest BCUT2D eigenvalue weighted by atomic mass is 32.2. The summed E-state index contributed by atoms with van der Waals surface area (Å²) in [6.45, 7) is 0. The number of rotatable bonds is 4. The Balaban J connectivity index is 2.07.